The molecule has 4 nitrogen and oxygen atoms in total. The third-order valence-electron chi connectivity index (χ3n) is 5.90. The van der Waals surface area contributed by atoms with E-state index < -0.39 is 0 Å². The fourth-order valence-electron chi connectivity index (χ4n) is 4.43. The SMILES string of the molecule is Cc1cc(-c2cccc3c(C)c4sccn4c23)c(C)cc1-c1nccc2nsnc12. The maximum Gasteiger partial charge on any atom is 0.131 e. The second-order valence-corrected chi connectivity index (χ2v) is 9.10. The molecule has 0 saturated carbocycles. The van der Waals surface area contributed by atoms with E-state index in [1.165, 1.54) is 55.3 Å². The van der Waals surface area contributed by atoms with Crippen LogP contribution in [0, 0.1) is 20.8 Å². The van der Waals surface area contributed by atoms with E-state index in [1.807, 2.05) is 12.3 Å². The zero-order chi connectivity index (χ0) is 20.4. The van der Waals surface area contributed by atoms with Crippen LogP contribution in [0.15, 0.2) is 54.2 Å². The van der Waals surface area contributed by atoms with Gasteiger partial charge < -0.3 is 4.40 Å². The monoisotopic (exact) mass is 426 g/mol. The Kier molecular flexibility index (Phi) is 3.82. The van der Waals surface area contributed by atoms with Crippen LogP contribution in [0.2, 0.25) is 0 Å². The fraction of sp³-hybridized carbons (Fsp3) is 0.125. The molecule has 6 heteroatoms. The van der Waals surface area contributed by atoms with Gasteiger partial charge in [0.2, 0.25) is 0 Å². The summed E-state index contributed by atoms with van der Waals surface area (Å²) >= 11 is 3.03. The van der Waals surface area contributed by atoms with Gasteiger partial charge in [-0.15, -0.1) is 11.3 Å². The molecule has 0 amide bonds. The first-order valence-corrected chi connectivity index (χ1v) is 11.4. The van der Waals surface area contributed by atoms with Gasteiger partial charge in [-0.25, -0.2) is 0 Å². The van der Waals surface area contributed by atoms with Gasteiger partial charge in [-0.2, -0.15) is 8.75 Å². The van der Waals surface area contributed by atoms with Crippen molar-refractivity contribution in [2.45, 2.75) is 20.8 Å². The van der Waals surface area contributed by atoms with Crippen LogP contribution >= 0.6 is 23.1 Å². The van der Waals surface area contributed by atoms with Crippen LogP contribution in [0.3, 0.4) is 0 Å². The van der Waals surface area contributed by atoms with Crippen LogP contribution in [0.25, 0.3) is 49.2 Å². The zero-order valence-corrected chi connectivity index (χ0v) is 18.4. The molecule has 30 heavy (non-hydrogen) atoms. The van der Waals surface area contributed by atoms with Gasteiger partial charge in [0.05, 0.1) is 22.9 Å². The summed E-state index contributed by atoms with van der Waals surface area (Å²) in [4.78, 5) is 5.96. The van der Waals surface area contributed by atoms with Crippen molar-refractivity contribution >= 4 is 49.8 Å². The van der Waals surface area contributed by atoms with Crippen molar-refractivity contribution in [3.05, 3.63) is 70.9 Å². The molecule has 0 bridgehead atoms. The highest BCUT2D eigenvalue weighted by atomic mass is 32.1. The molecule has 0 aliphatic rings. The predicted molar refractivity (Wildman–Crippen MR) is 127 cm³/mol. The van der Waals surface area contributed by atoms with Crippen molar-refractivity contribution in [1.29, 1.82) is 0 Å². The minimum atomic E-state index is 0.877. The molecule has 6 rings (SSSR count). The Labute approximate surface area is 181 Å². The molecule has 0 unspecified atom stereocenters. The standard InChI is InChI=1S/C24H18N4S2/c1-13-12-19(21-22-20(7-8-25-21)26-30-27-22)14(2)11-18(13)17-6-4-5-16-15(3)24-28(23(16)17)9-10-29-24/h4-12H,1-3H3. The van der Waals surface area contributed by atoms with Crippen LogP contribution in [0.1, 0.15) is 16.7 Å². The smallest absolute Gasteiger partial charge is 0.131 e. The Morgan fingerprint density at radius 1 is 0.900 bits per heavy atom. The van der Waals surface area contributed by atoms with Gasteiger partial charge in [0.1, 0.15) is 15.9 Å². The van der Waals surface area contributed by atoms with Gasteiger partial charge in [0, 0.05) is 34.3 Å². The molecular weight excluding hydrogens is 408 g/mol. The molecule has 4 heterocycles. The summed E-state index contributed by atoms with van der Waals surface area (Å²) < 4.78 is 11.2. The number of hydrogen-bond donors (Lipinski definition) is 0. The minimum Gasteiger partial charge on any atom is -0.306 e. The Bertz CT molecular complexity index is 1590. The summed E-state index contributed by atoms with van der Waals surface area (Å²) in [5, 5.41) is 3.48. The van der Waals surface area contributed by atoms with Gasteiger partial charge in [0.15, 0.2) is 0 Å². The van der Waals surface area contributed by atoms with Gasteiger partial charge in [-0.3, -0.25) is 4.98 Å². The number of pyridine rings is 1. The summed E-state index contributed by atoms with van der Waals surface area (Å²) in [5.41, 5.74) is 11.4. The molecule has 4 aromatic heterocycles. The van der Waals surface area contributed by atoms with Crippen LogP contribution in [-0.2, 0) is 0 Å². The molecule has 0 N–H and O–H groups in total. The Morgan fingerprint density at radius 2 is 1.73 bits per heavy atom. The number of hydrogen-bond acceptors (Lipinski definition) is 5. The minimum absolute atomic E-state index is 0.877. The van der Waals surface area contributed by atoms with Crippen molar-refractivity contribution in [2.24, 2.45) is 0 Å². The maximum absolute atomic E-state index is 4.64. The van der Waals surface area contributed by atoms with Crippen LogP contribution in [0.5, 0.6) is 0 Å². The highest BCUT2D eigenvalue weighted by Crippen LogP contribution is 2.39. The molecule has 0 saturated heterocycles. The largest absolute Gasteiger partial charge is 0.306 e. The second-order valence-electron chi connectivity index (χ2n) is 7.68. The van der Waals surface area contributed by atoms with E-state index in [0.29, 0.717) is 0 Å². The quantitative estimate of drug-likeness (QED) is 0.305. The number of aromatic nitrogens is 4. The molecular formula is C24H18N4S2. The summed E-state index contributed by atoms with van der Waals surface area (Å²) in [5.74, 6) is 0. The van der Waals surface area contributed by atoms with E-state index in [0.717, 1.165) is 22.3 Å². The van der Waals surface area contributed by atoms with Crippen LogP contribution < -0.4 is 0 Å². The lowest BCUT2D eigenvalue weighted by Crippen LogP contribution is -1.94. The Morgan fingerprint density at radius 3 is 2.63 bits per heavy atom. The molecule has 2 aromatic carbocycles. The number of nitrogens with zero attached hydrogens (tertiary/aromatic N) is 4. The highest BCUT2D eigenvalue weighted by molar-refractivity contribution is 7.15. The number of para-hydroxylation sites is 1. The highest BCUT2D eigenvalue weighted by Gasteiger charge is 2.18. The first-order chi connectivity index (χ1) is 14.6. The van der Waals surface area contributed by atoms with Crippen LogP contribution in [0.4, 0.5) is 0 Å². The Balaban J connectivity index is 1.62. The average Bonchev–Trinajstić information content (AvgIpc) is 3.47. The maximum atomic E-state index is 4.64. The first kappa shape index (κ1) is 17.7. The normalized spacial score (nSPS) is 11.8. The molecule has 0 atom stereocenters. The van der Waals surface area contributed by atoms with E-state index in [4.69, 9.17) is 0 Å². The van der Waals surface area contributed by atoms with Gasteiger partial charge in [-0.05, 0) is 55.2 Å². The number of rotatable bonds is 2. The molecule has 0 fully saturated rings. The number of aryl methyl sites for hydroxylation is 3. The molecule has 0 aliphatic carbocycles. The van der Waals surface area contributed by atoms with Crippen molar-refractivity contribution in [3.8, 4) is 22.4 Å². The lowest BCUT2D eigenvalue weighted by molar-refractivity contribution is 1.29. The average molecular weight is 427 g/mol. The van der Waals surface area contributed by atoms with E-state index in [2.05, 4.69) is 80.8 Å². The fourth-order valence-corrected chi connectivity index (χ4v) is 5.84. The van der Waals surface area contributed by atoms with Crippen molar-refractivity contribution < 1.29 is 0 Å². The third kappa shape index (κ3) is 2.41. The number of thiazole rings is 1. The lowest BCUT2D eigenvalue weighted by Gasteiger charge is -2.14. The summed E-state index contributed by atoms with van der Waals surface area (Å²) in [6.07, 6.45) is 3.99. The Hall–Kier alpha value is -3.09. The third-order valence-corrected chi connectivity index (χ3v) is 7.43. The van der Waals surface area contributed by atoms with Crippen molar-refractivity contribution in [3.63, 3.8) is 0 Å². The van der Waals surface area contributed by atoms with Gasteiger partial charge in [-0.1, -0.05) is 24.3 Å². The molecule has 0 aliphatic heterocycles. The molecule has 6 aromatic rings. The summed E-state index contributed by atoms with van der Waals surface area (Å²) in [6, 6.07) is 13.1. The molecule has 146 valence electrons. The van der Waals surface area contributed by atoms with Gasteiger partial charge in [0.25, 0.3) is 0 Å². The lowest BCUT2D eigenvalue weighted by atomic mass is 9.92. The summed E-state index contributed by atoms with van der Waals surface area (Å²) in [6.45, 7) is 6.55. The molecule has 0 radical (unpaired) electrons. The van der Waals surface area contributed by atoms with E-state index in [1.54, 1.807) is 11.3 Å². The van der Waals surface area contributed by atoms with E-state index in [9.17, 15) is 0 Å². The van der Waals surface area contributed by atoms with Crippen molar-refractivity contribution in [1.82, 2.24) is 18.1 Å². The molecule has 0 spiro atoms. The van der Waals surface area contributed by atoms with E-state index >= 15 is 0 Å². The predicted octanol–water partition coefficient (Wildman–Crippen LogP) is 6.81. The van der Waals surface area contributed by atoms with Crippen molar-refractivity contribution in [2.75, 3.05) is 0 Å². The topological polar surface area (TPSA) is 43.1 Å². The second kappa shape index (κ2) is 6.45. The zero-order valence-electron chi connectivity index (χ0n) is 16.8. The van der Waals surface area contributed by atoms with Crippen LogP contribution in [-0.4, -0.2) is 18.1 Å². The first-order valence-electron chi connectivity index (χ1n) is 9.79. The number of benzene rings is 2. The summed E-state index contributed by atoms with van der Waals surface area (Å²) in [7, 11) is 0. The van der Waals surface area contributed by atoms with Gasteiger partial charge >= 0.3 is 0 Å². The van der Waals surface area contributed by atoms with E-state index in [-0.39, 0.29) is 0 Å². The number of fused-ring (bicyclic) bond motifs is 4.